The average Bonchev–Trinajstić information content (AvgIpc) is 3.14. The van der Waals surface area contributed by atoms with Crippen molar-refractivity contribution in [2.75, 3.05) is 0 Å². The van der Waals surface area contributed by atoms with Crippen LogP contribution >= 0.6 is 0 Å². The van der Waals surface area contributed by atoms with Crippen molar-refractivity contribution in [3.05, 3.63) is 93.0 Å². The van der Waals surface area contributed by atoms with Gasteiger partial charge in [0.1, 0.15) is 5.75 Å². The van der Waals surface area contributed by atoms with Crippen LogP contribution in [0, 0.1) is 15.9 Å². The topological polar surface area (TPSA) is 130 Å². The minimum absolute atomic E-state index is 0.0474. The number of amides is 1. The normalized spacial score (nSPS) is 10.9. The third kappa shape index (κ3) is 5.26. The fourth-order valence-corrected chi connectivity index (χ4v) is 3.34. The van der Waals surface area contributed by atoms with E-state index in [1.807, 2.05) is 0 Å². The van der Waals surface area contributed by atoms with Crippen LogP contribution in [0.25, 0.3) is 11.1 Å². The van der Waals surface area contributed by atoms with Crippen molar-refractivity contribution in [2.45, 2.75) is 25.9 Å². The maximum absolute atomic E-state index is 14.3. The molecule has 2 heterocycles. The molecule has 0 saturated carbocycles. The van der Waals surface area contributed by atoms with Crippen molar-refractivity contribution >= 4 is 22.7 Å². The number of halogens is 1. The van der Waals surface area contributed by atoms with Crippen LogP contribution in [-0.4, -0.2) is 20.4 Å². The Kier molecular flexibility index (Phi) is 6.62. The maximum atomic E-state index is 14.3. The van der Waals surface area contributed by atoms with Gasteiger partial charge >= 0.3 is 5.76 Å². The Hall–Kier alpha value is -4.54. The van der Waals surface area contributed by atoms with Crippen molar-refractivity contribution in [2.24, 2.45) is 0 Å². The lowest BCUT2D eigenvalue weighted by Crippen LogP contribution is -2.23. The number of nitrogens with one attached hydrogen (secondary N) is 1. The van der Waals surface area contributed by atoms with Crippen LogP contribution in [0.3, 0.4) is 0 Å². The third-order valence-corrected chi connectivity index (χ3v) is 5.00. The summed E-state index contributed by atoms with van der Waals surface area (Å²) in [6, 6.07) is 11.6. The molecule has 0 unspecified atom stereocenters. The van der Waals surface area contributed by atoms with E-state index in [1.54, 1.807) is 24.4 Å². The van der Waals surface area contributed by atoms with Gasteiger partial charge < -0.3 is 14.5 Å². The SMILES string of the molecule is O=C(CCCn1c(=O)oc2cc([N+](=O)[O-])ccc21)NCc1ccc(Oc2cccnc2)c(F)c1. The van der Waals surface area contributed by atoms with Gasteiger partial charge in [0, 0.05) is 31.8 Å². The number of oxazole rings is 1. The fourth-order valence-electron chi connectivity index (χ4n) is 3.34. The van der Waals surface area contributed by atoms with Crippen LogP contribution < -0.4 is 15.8 Å². The van der Waals surface area contributed by atoms with Crippen molar-refractivity contribution in [3.63, 3.8) is 0 Å². The third-order valence-electron chi connectivity index (χ3n) is 5.00. The first-order valence-electron chi connectivity index (χ1n) is 10.3. The molecule has 174 valence electrons. The van der Waals surface area contributed by atoms with E-state index in [1.165, 1.54) is 41.1 Å². The number of hydrogen-bond donors (Lipinski definition) is 1. The molecule has 0 fully saturated rings. The molecule has 1 amide bonds. The van der Waals surface area contributed by atoms with Crippen molar-refractivity contribution in [1.29, 1.82) is 0 Å². The van der Waals surface area contributed by atoms with Crippen molar-refractivity contribution in [3.8, 4) is 11.5 Å². The number of fused-ring (bicyclic) bond motifs is 1. The standard InChI is InChI=1S/C23H19FN4O6/c24-18-11-15(5-8-20(18)33-17-3-1-9-25-14-17)13-26-22(29)4-2-10-27-19-7-6-16(28(31)32)12-21(19)34-23(27)30/h1,3,5-9,11-12,14H,2,4,10,13H2,(H,26,29). The Morgan fingerprint density at radius 2 is 2.09 bits per heavy atom. The van der Waals surface area contributed by atoms with Crippen molar-refractivity contribution in [1.82, 2.24) is 14.9 Å². The van der Waals surface area contributed by atoms with E-state index >= 15 is 0 Å². The van der Waals surface area contributed by atoms with Gasteiger partial charge in [0.15, 0.2) is 17.1 Å². The van der Waals surface area contributed by atoms with Gasteiger partial charge in [-0.05, 0) is 42.3 Å². The van der Waals surface area contributed by atoms with Crippen LogP contribution in [0.1, 0.15) is 18.4 Å². The number of nitrogens with zero attached hydrogens (tertiary/aromatic N) is 3. The number of hydrogen-bond acceptors (Lipinski definition) is 7. The van der Waals surface area contributed by atoms with Crippen LogP contribution in [0.2, 0.25) is 0 Å². The molecular weight excluding hydrogens is 447 g/mol. The number of rotatable bonds is 9. The number of aromatic nitrogens is 2. The van der Waals surface area contributed by atoms with Crippen LogP contribution in [-0.2, 0) is 17.9 Å². The summed E-state index contributed by atoms with van der Waals surface area (Å²) in [6.45, 7) is 0.327. The number of benzene rings is 2. The van der Waals surface area contributed by atoms with Gasteiger partial charge in [-0.25, -0.2) is 9.18 Å². The number of carbonyl (C=O) groups is 1. The predicted molar refractivity (Wildman–Crippen MR) is 119 cm³/mol. The minimum Gasteiger partial charge on any atom is -0.453 e. The molecule has 0 aliphatic heterocycles. The summed E-state index contributed by atoms with van der Waals surface area (Å²) in [6.07, 6.45) is 3.51. The van der Waals surface area contributed by atoms with E-state index in [2.05, 4.69) is 10.3 Å². The number of carbonyl (C=O) groups excluding carboxylic acids is 1. The molecule has 0 saturated heterocycles. The number of non-ortho nitro benzene ring substituents is 1. The Balaban J connectivity index is 1.29. The first kappa shape index (κ1) is 22.6. The summed E-state index contributed by atoms with van der Waals surface area (Å²) in [5.74, 6) is -1.04. The number of ether oxygens (including phenoxy) is 1. The average molecular weight is 466 g/mol. The molecule has 0 radical (unpaired) electrons. The highest BCUT2D eigenvalue weighted by Gasteiger charge is 2.14. The van der Waals surface area contributed by atoms with Gasteiger partial charge in [0.2, 0.25) is 5.91 Å². The molecular formula is C23H19FN4O6. The minimum atomic E-state index is -0.653. The van der Waals surface area contributed by atoms with E-state index < -0.39 is 16.5 Å². The lowest BCUT2D eigenvalue weighted by molar-refractivity contribution is -0.384. The summed E-state index contributed by atoms with van der Waals surface area (Å²) >= 11 is 0. The van der Waals surface area contributed by atoms with Gasteiger partial charge in [-0.3, -0.25) is 24.5 Å². The number of nitro groups is 1. The van der Waals surface area contributed by atoms with Crippen LogP contribution in [0.5, 0.6) is 11.5 Å². The van der Waals surface area contributed by atoms with E-state index in [-0.39, 0.29) is 42.4 Å². The molecule has 10 nitrogen and oxygen atoms in total. The molecule has 0 bridgehead atoms. The van der Waals surface area contributed by atoms with Gasteiger partial charge in [-0.15, -0.1) is 0 Å². The molecule has 0 aliphatic carbocycles. The molecule has 34 heavy (non-hydrogen) atoms. The van der Waals surface area contributed by atoms with Crippen LogP contribution in [0.4, 0.5) is 10.1 Å². The molecule has 11 heteroatoms. The summed E-state index contributed by atoms with van der Waals surface area (Å²) in [4.78, 5) is 38.4. The predicted octanol–water partition coefficient (Wildman–Crippen LogP) is 3.93. The van der Waals surface area contributed by atoms with E-state index in [4.69, 9.17) is 9.15 Å². The number of aryl methyl sites for hydroxylation is 1. The van der Waals surface area contributed by atoms with E-state index in [0.717, 1.165) is 0 Å². The monoisotopic (exact) mass is 466 g/mol. The molecule has 2 aromatic carbocycles. The molecule has 4 aromatic rings. The maximum Gasteiger partial charge on any atom is 0.419 e. The Morgan fingerprint density at radius 1 is 1.24 bits per heavy atom. The summed E-state index contributed by atoms with van der Waals surface area (Å²) in [7, 11) is 0. The first-order chi connectivity index (χ1) is 16.4. The summed E-state index contributed by atoms with van der Waals surface area (Å²) in [5, 5.41) is 13.6. The molecule has 0 atom stereocenters. The highest BCUT2D eigenvalue weighted by atomic mass is 19.1. The second kappa shape index (κ2) is 9.94. The number of pyridine rings is 1. The van der Waals surface area contributed by atoms with Gasteiger partial charge in [-0.2, -0.15) is 0 Å². The Labute approximate surface area is 191 Å². The fraction of sp³-hybridized carbons (Fsp3) is 0.174. The van der Waals surface area contributed by atoms with Crippen LogP contribution in [0.15, 0.2) is 70.1 Å². The Bertz CT molecular complexity index is 1400. The zero-order chi connectivity index (χ0) is 24.1. The second-order valence-corrected chi connectivity index (χ2v) is 7.36. The zero-order valence-corrected chi connectivity index (χ0v) is 17.8. The molecule has 4 rings (SSSR count). The molecule has 0 aliphatic rings. The second-order valence-electron chi connectivity index (χ2n) is 7.36. The highest BCUT2D eigenvalue weighted by Crippen LogP contribution is 2.24. The molecule has 2 aromatic heterocycles. The first-order valence-corrected chi connectivity index (χ1v) is 10.3. The lowest BCUT2D eigenvalue weighted by Gasteiger charge is -2.09. The summed E-state index contributed by atoms with van der Waals surface area (Å²) in [5.41, 5.74) is 0.908. The lowest BCUT2D eigenvalue weighted by atomic mass is 10.2. The van der Waals surface area contributed by atoms with Crippen molar-refractivity contribution < 1.29 is 23.3 Å². The zero-order valence-electron chi connectivity index (χ0n) is 17.8. The van der Waals surface area contributed by atoms with E-state index in [0.29, 0.717) is 23.3 Å². The molecule has 0 spiro atoms. The van der Waals surface area contributed by atoms with Gasteiger partial charge in [0.05, 0.1) is 22.7 Å². The van der Waals surface area contributed by atoms with Gasteiger partial charge in [-0.1, -0.05) is 6.07 Å². The Morgan fingerprint density at radius 3 is 2.82 bits per heavy atom. The summed E-state index contributed by atoms with van der Waals surface area (Å²) < 4.78 is 26.1. The molecule has 1 N–H and O–H groups in total. The largest absolute Gasteiger partial charge is 0.453 e. The quantitative estimate of drug-likeness (QED) is 0.292. The van der Waals surface area contributed by atoms with E-state index in [9.17, 15) is 24.1 Å². The van der Waals surface area contributed by atoms with Gasteiger partial charge in [0.25, 0.3) is 5.69 Å². The number of nitro benzene ring substituents is 1. The smallest absolute Gasteiger partial charge is 0.419 e. The highest BCUT2D eigenvalue weighted by molar-refractivity contribution is 5.76.